The second-order valence-corrected chi connectivity index (χ2v) is 10.7. The molecule has 0 spiro atoms. The van der Waals surface area contributed by atoms with E-state index in [-0.39, 0.29) is 11.6 Å². The van der Waals surface area contributed by atoms with Crippen LogP contribution >= 0.6 is 11.3 Å². The fraction of sp³-hybridized carbons (Fsp3) is 0.407. The third-order valence-electron chi connectivity index (χ3n) is 7.43. The van der Waals surface area contributed by atoms with Gasteiger partial charge in [-0.25, -0.2) is 9.97 Å². The first-order chi connectivity index (χ1) is 17.6. The molecule has 2 aliphatic rings. The molecule has 0 atom stereocenters. The molecule has 4 aromatic rings. The summed E-state index contributed by atoms with van der Waals surface area (Å²) < 4.78 is 1.91. The van der Waals surface area contributed by atoms with Crippen LogP contribution in [0.4, 0.5) is 17.3 Å². The maximum atomic E-state index is 13.7. The summed E-state index contributed by atoms with van der Waals surface area (Å²) >= 11 is 1.49. The van der Waals surface area contributed by atoms with Crippen molar-refractivity contribution in [2.45, 2.75) is 38.6 Å². The van der Waals surface area contributed by atoms with E-state index in [2.05, 4.69) is 51.4 Å². The van der Waals surface area contributed by atoms with Gasteiger partial charge in [0.2, 0.25) is 5.95 Å². The van der Waals surface area contributed by atoms with E-state index < -0.39 is 0 Å². The minimum atomic E-state index is -0.00932. The highest BCUT2D eigenvalue weighted by Gasteiger charge is 2.24. The first kappa shape index (κ1) is 23.1. The Bertz CT molecular complexity index is 1420. The maximum absolute atomic E-state index is 13.7. The topological polar surface area (TPSA) is 79.2 Å². The van der Waals surface area contributed by atoms with Crippen molar-refractivity contribution in [2.75, 3.05) is 43.4 Å². The summed E-state index contributed by atoms with van der Waals surface area (Å²) in [7, 11) is 2.17. The summed E-state index contributed by atoms with van der Waals surface area (Å²) in [5.41, 5.74) is 4.34. The number of aryl methyl sites for hydroxylation is 1. The second-order valence-electron chi connectivity index (χ2n) is 9.84. The lowest BCUT2D eigenvalue weighted by Gasteiger charge is -2.34. The average Bonchev–Trinajstić information content (AvgIpc) is 3.60. The summed E-state index contributed by atoms with van der Waals surface area (Å²) in [6.07, 6.45) is 6.00. The van der Waals surface area contributed by atoms with Gasteiger partial charge in [-0.3, -0.25) is 9.36 Å². The Morgan fingerprint density at radius 2 is 1.78 bits per heavy atom. The molecule has 9 heteroatoms. The molecule has 1 aromatic carbocycles. The normalized spacial score (nSPS) is 17.2. The molecule has 186 valence electrons. The number of thiazole rings is 1. The van der Waals surface area contributed by atoms with Crippen molar-refractivity contribution in [3.8, 4) is 10.6 Å². The molecule has 4 heterocycles. The molecule has 1 saturated carbocycles. The number of pyridine rings is 1. The smallest absolute Gasteiger partial charge is 0.262 e. The van der Waals surface area contributed by atoms with E-state index in [4.69, 9.17) is 9.97 Å². The summed E-state index contributed by atoms with van der Waals surface area (Å²) in [5.74, 6) is 0.514. The van der Waals surface area contributed by atoms with Crippen LogP contribution in [0.2, 0.25) is 0 Å². The highest BCUT2D eigenvalue weighted by molar-refractivity contribution is 7.13. The Balaban J connectivity index is 1.36. The number of likely N-dealkylation sites (N-methyl/N-ethyl adjacent to an activating group) is 1. The van der Waals surface area contributed by atoms with E-state index in [9.17, 15) is 4.79 Å². The minimum Gasteiger partial charge on any atom is -0.369 e. The van der Waals surface area contributed by atoms with Gasteiger partial charge >= 0.3 is 0 Å². The zero-order valence-corrected chi connectivity index (χ0v) is 21.6. The summed E-state index contributed by atoms with van der Waals surface area (Å²) in [5, 5.41) is 6.94. The molecule has 36 heavy (non-hydrogen) atoms. The van der Waals surface area contributed by atoms with Crippen molar-refractivity contribution in [2.24, 2.45) is 0 Å². The molecule has 1 aliphatic heterocycles. The molecule has 6 rings (SSSR count). The number of hydrogen-bond donors (Lipinski definition) is 1. The predicted octanol–water partition coefficient (Wildman–Crippen LogP) is 4.83. The predicted molar refractivity (Wildman–Crippen MR) is 147 cm³/mol. The lowest BCUT2D eigenvalue weighted by molar-refractivity contribution is 0.313. The first-order valence-electron chi connectivity index (χ1n) is 12.7. The zero-order chi connectivity index (χ0) is 24.6. The number of rotatable bonds is 5. The molecule has 0 unspecified atom stereocenters. The van der Waals surface area contributed by atoms with Crippen LogP contribution in [0.25, 0.3) is 21.6 Å². The van der Waals surface area contributed by atoms with E-state index >= 15 is 0 Å². The number of aromatic nitrogens is 4. The average molecular weight is 502 g/mol. The molecule has 1 aliphatic carbocycles. The van der Waals surface area contributed by atoms with E-state index in [1.807, 2.05) is 22.9 Å². The van der Waals surface area contributed by atoms with Crippen LogP contribution in [0.5, 0.6) is 0 Å². The van der Waals surface area contributed by atoms with Gasteiger partial charge in [0.25, 0.3) is 5.56 Å². The molecule has 2 fully saturated rings. The van der Waals surface area contributed by atoms with E-state index in [0.29, 0.717) is 17.2 Å². The highest BCUT2D eigenvalue weighted by atomic mass is 32.1. The SMILES string of the molecule is Cc1nc(Nc2ccc(N3CCN(C)CC3)cc2)nc2c1cc(-c1nccs1)c(=O)n2C1CCCC1. The van der Waals surface area contributed by atoms with Gasteiger partial charge in [-0.15, -0.1) is 11.3 Å². The van der Waals surface area contributed by atoms with Crippen LogP contribution in [-0.4, -0.2) is 57.6 Å². The number of piperazine rings is 1. The van der Waals surface area contributed by atoms with Gasteiger partial charge in [0, 0.05) is 60.6 Å². The van der Waals surface area contributed by atoms with Crippen LogP contribution in [0.3, 0.4) is 0 Å². The van der Waals surface area contributed by atoms with Crippen molar-refractivity contribution in [1.82, 2.24) is 24.4 Å². The number of anilines is 3. The van der Waals surface area contributed by atoms with Crippen molar-refractivity contribution < 1.29 is 0 Å². The van der Waals surface area contributed by atoms with Crippen LogP contribution < -0.4 is 15.8 Å². The highest BCUT2D eigenvalue weighted by Crippen LogP contribution is 2.33. The van der Waals surface area contributed by atoms with Gasteiger partial charge in [0.05, 0.1) is 11.3 Å². The lowest BCUT2D eigenvalue weighted by atomic mass is 10.1. The summed E-state index contributed by atoms with van der Waals surface area (Å²) in [6, 6.07) is 10.5. The minimum absolute atomic E-state index is 0.00932. The van der Waals surface area contributed by atoms with Crippen LogP contribution in [0.1, 0.15) is 37.4 Å². The van der Waals surface area contributed by atoms with Crippen LogP contribution in [-0.2, 0) is 0 Å². The molecule has 1 saturated heterocycles. The number of hydrogen-bond acceptors (Lipinski definition) is 8. The van der Waals surface area contributed by atoms with Gasteiger partial charge in [0.15, 0.2) is 0 Å². The van der Waals surface area contributed by atoms with Crippen molar-refractivity contribution >= 4 is 39.7 Å². The van der Waals surface area contributed by atoms with E-state index in [1.54, 1.807) is 6.20 Å². The standard InChI is InChI=1S/C27H31N7OS/c1-18-22-17-23(25-28-11-16-36-25)26(35)34(21-5-3-4-6-21)24(22)31-27(29-18)30-19-7-9-20(10-8-19)33-14-12-32(2)13-15-33/h7-11,16-17,21H,3-6,12-15H2,1-2H3,(H,29,30,31). The third-order valence-corrected chi connectivity index (χ3v) is 8.23. The molecule has 3 aromatic heterocycles. The third kappa shape index (κ3) is 4.37. The first-order valence-corrected chi connectivity index (χ1v) is 13.6. The van der Waals surface area contributed by atoms with Gasteiger partial charge < -0.3 is 15.1 Å². The second kappa shape index (κ2) is 9.63. The van der Waals surface area contributed by atoms with E-state index in [1.165, 1.54) is 17.0 Å². The Labute approximate surface area is 214 Å². The molecule has 0 radical (unpaired) electrons. The van der Waals surface area contributed by atoms with Crippen molar-refractivity contribution in [3.05, 3.63) is 58.0 Å². The van der Waals surface area contributed by atoms with Crippen LogP contribution in [0.15, 0.2) is 46.7 Å². The summed E-state index contributed by atoms with van der Waals surface area (Å²) in [6.45, 7) is 6.23. The number of nitrogens with one attached hydrogen (secondary N) is 1. The Kier molecular flexibility index (Phi) is 6.18. The van der Waals surface area contributed by atoms with Crippen LogP contribution in [0, 0.1) is 6.92 Å². The van der Waals surface area contributed by atoms with Crippen molar-refractivity contribution in [1.29, 1.82) is 0 Å². The number of benzene rings is 1. The molecule has 8 nitrogen and oxygen atoms in total. The Hall–Kier alpha value is -3.30. The fourth-order valence-electron chi connectivity index (χ4n) is 5.37. The number of fused-ring (bicyclic) bond motifs is 1. The molecule has 0 bridgehead atoms. The maximum Gasteiger partial charge on any atom is 0.262 e. The van der Waals surface area contributed by atoms with Crippen molar-refractivity contribution in [3.63, 3.8) is 0 Å². The monoisotopic (exact) mass is 501 g/mol. The molecule has 0 amide bonds. The van der Waals surface area contributed by atoms with Gasteiger partial charge in [-0.1, -0.05) is 12.8 Å². The zero-order valence-electron chi connectivity index (χ0n) is 20.8. The van der Waals surface area contributed by atoms with Gasteiger partial charge in [-0.05, 0) is 57.1 Å². The fourth-order valence-corrected chi connectivity index (χ4v) is 6.01. The molecule has 1 N–H and O–H groups in total. The largest absolute Gasteiger partial charge is 0.369 e. The van der Waals surface area contributed by atoms with Gasteiger partial charge in [-0.2, -0.15) is 4.98 Å². The summed E-state index contributed by atoms with van der Waals surface area (Å²) in [4.78, 5) is 32.5. The van der Waals surface area contributed by atoms with Gasteiger partial charge in [0.1, 0.15) is 10.7 Å². The Morgan fingerprint density at radius 1 is 1.03 bits per heavy atom. The van der Waals surface area contributed by atoms with E-state index in [0.717, 1.165) is 73.6 Å². The number of nitrogens with zero attached hydrogens (tertiary/aromatic N) is 6. The Morgan fingerprint density at radius 3 is 2.47 bits per heavy atom. The lowest BCUT2D eigenvalue weighted by Crippen LogP contribution is -2.44. The molecular formula is C27H31N7OS. The molecular weight excluding hydrogens is 470 g/mol. The quantitative estimate of drug-likeness (QED) is 0.419.